The molecule has 0 bridgehead atoms. The van der Waals surface area contributed by atoms with Crippen molar-refractivity contribution in [3.8, 4) is 0 Å². The van der Waals surface area contributed by atoms with Crippen molar-refractivity contribution < 1.29 is 23.5 Å². The number of rotatable bonds is 12. The van der Waals surface area contributed by atoms with Crippen molar-refractivity contribution in [2.45, 2.75) is 86.0 Å². The molecule has 1 heterocycles. The monoisotopic (exact) mass is 389 g/mol. The zero-order valence-electron chi connectivity index (χ0n) is 18.4. The van der Waals surface area contributed by atoms with Crippen LogP contribution in [0.2, 0.25) is 0 Å². The van der Waals surface area contributed by atoms with Crippen LogP contribution in [-0.4, -0.2) is 41.7 Å². The lowest BCUT2D eigenvalue weighted by molar-refractivity contribution is -0.929. The maximum atomic E-state index is 9.00. The molecule has 1 aromatic rings. The van der Waals surface area contributed by atoms with E-state index in [9.17, 15) is 0 Å². The Hall–Kier alpha value is -1.36. The van der Waals surface area contributed by atoms with Crippen molar-refractivity contribution in [2.24, 2.45) is 0 Å². The second-order valence-electron chi connectivity index (χ2n) is 6.96. The Bertz CT molecular complexity index is 324. The summed E-state index contributed by atoms with van der Waals surface area (Å²) in [7, 11) is 0. The van der Waals surface area contributed by atoms with Crippen LogP contribution >= 0.6 is 0 Å². The van der Waals surface area contributed by atoms with Gasteiger partial charge in [0.1, 0.15) is 0 Å². The van der Waals surface area contributed by atoms with E-state index in [-0.39, 0.29) is 4.70 Å². The summed E-state index contributed by atoms with van der Waals surface area (Å²) >= 11 is 0. The van der Waals surface area contributed by atoms with Crippen molar-refractivity contribution in [2.75, 3.05) is 26.2 Å². The third kappa shape index (κ3) is 22.6. The van der Waals surface area contributed by atoms with E-state index in [1.165, 1.54) is 82.0 Å². The second-order valence-corrected chi connectivity index (χ2v) is 6.96. The number of furan rings is 1. The van der Waals surface area contributed by atoms with Gasteiger partial charge in [-0.05, 0) is 37.8 Å². The minimum atomic E-state index is -0.833. The van der Waals surface area contributed by atoms with Gasteiger partial charge in [0.2, 0.25) is 0 Å². The van der Waals surface area contributed by atoms with Crippen molar-refractivity contribution in [1.82, 2.24) is 0 Å². The number of hydrogen-bond acceptors (Lipinski definition) is 2. The van der Waals surface area contributed by atoms with Gasteiger partial charge >= 0.3 is 0 Å². The van der Waals surface area contributed by atoms with Crippen LogP contribution in [0.1, 0.15) is 86.0 Å². The summed E-state index contributed by atoms with van der Waals surface area (Å²) in [6.07, 6.45) is 14.3. The summed E-state index contributed by atoms with van der Waals surface area (Å²) in [5.74, 6) is -0.833. The van der Waals surface area contributed by atoms with Crippen LogP contribution in [0, 0.1) is 0 Å². The molecule has 0 saturated heterocycles. The molecular formula is C22H44FNO3. The first-order chi connectivity index (χ1) is 12.5. The van der Waals surface area contributed by atoms with E-state index >= 15 is 0 Å². The van der Waals surface area contributed by atoms with Gasteiger partial charge in [0, 0.05) is 6.92 Å². The Morgan fingerprint density at radius 3 is 1.19 bits per heavy atom. The molecular weight excluding hydrogens is 345 g/mol. The number of halogens is 1. The Morgan fingerprint density at radius 2 is 1.04 bits per heavy atom. The van der Waals surface area contributed by atoms with Gasteiger partial charge in [-0.1, -0.05) is 53.4 Å². The Morgan fingerprint density at radius 1 is 0.778 bits per heavy atom. The lowest BCUT2D eigenvalue weighted by Gasteiger charge is -2.39. The SMILES string of the molecule is CC(=O)O.CCCC[N+](CCCC)(CCCC)CCCC.[F-].c1ccoc1. The Kier molecular flexibility index (Phi) is 25.5. The quantitative estimate of drug-likeness (QED) is 0.558. The van der Waals surface area contributed by atoms with E-state index in [0.717, 1.165) is 6.92 Å². The van der Waals surface area contributed by atoms with E-state index in [0.29, 0.717) is 0 Å². The predicted molar refractivity (Wildman–Crippen MR) is 111 cm³/mol. The average Bonchev–Trinajstić information content (AvgIpc) is 3.20. The molecule has 1 aromatic heterocycles. The minimum Gasteiger partial charge on any atom is -1.00 e. The molecule has 0 spiro atoms. The highest BCUT2D eigenvalue weighted by Gasteiger charge is 2.24. The van der Waals surface area contributed by atoms with Crippen LogP contribution in [0.15, 0.2) is 29.1 Å². The van der Waals surface area contributed by atoms with Crippen LogP contribution in [0.25, 0.3) is 0 Å². The van der Waals surface area contributed by atoms with E-state index in [1.807, 2.05) is 12.1 Å². The van der Waals surface area contributed by atoms with Crippen molar-refractivity contribution in [1.29, 1.82) is 0 Å². The lowest BCUT2D eigenvalue weighted by atomic mass is 10.1. The van der Waals surface area contributed by atoms with Gasteiger partial charge in [0.05, 0.1) is 38.7 Å². The van der Waals surface area contributed by atoms with Crippen molar-refractivity contribution in [3.05, 3.63) is 24.7 Å². The smallest absolute Gasteiger partial charge is 0.300 e. The average molecular weight is 390 g/mol. The molecule has 0 atom stereocenters. The van der Waals surface area contributed by atoms with Crippen LogP contribution < -0.4 is 4.70 Å². The molecule has 0 unspecified atom stereocenters. The standard InChI is InChI=1S/C16H36N.C4H4O.C2H4O2.FH/c1-5-9-13-17(14-10-6-2,15-11-7-3)16-12-8-4;1-2-4-5-3-1;1-2(3)4;/h5-16H2,1-4H3;1-4H;1H3,(H,3,4);1H/q+1;;;/p-1. The maximum Gasteiger partial charge on any atom is 0.300 e. The van der Waals surface area contributed by atoms with Crippen molar-refractivity contribution >= 4 is 5.97 Å². The fourth-order valence-corrected chi connectivity index (χ4v) is 2.87. The van der Waals surface area contributed by atoms with E-state index < -0.39 is 5.97 Å². The number of nitrogens with zero attached hydrogens (tertiary/aromatic N) is 1. The molecule has 0 aliphatic rings. The van der Waals surface area contributed by atoms with Gasteiger partial charge in [-0.2, -0.15) is 0 Å². The zero-order chi connectivity index (χ0) is 20.1. The third-order valence-electron chi connectivity index (χ3n) is 4.37. The molecule has 1 N–H and O–H groups in total. The third-order valence-corrected chi connectivity index (χ3v) is 4.37. The van der Waals surface area contributed by atoms with Gasteiger partial charge < -0.3 is 18.7 Å². The van der Waals surface area contributed by atoms with Gasteiger partial charge in [-0.3, -0.25) is 4.79 Å². The molecule has 0 saturated carbocycles. The molecule has 162 valence electrons. The number of quaternary nitrogens is 1. The number of carbonyl (C=O) groups is 1. The summed E-state index contributed by atoms with van der Waals surface area (Å²) in [4.78, 5) is 9.00. The van der Waals surface area contributed by atoms with Crippen LogP contribution in [-0.2, 0) is 4.79 Å². The first-order valence-electron chi connectivity index (χ1n) is 10.5. The Balaban J connectivity index is -0.000000470. The largest absolute Gasteiger partial charge is 1.00 e. The number of unbranched alkanes of at least 4 members (excludes halogenated alkanes) is 4. The molecule has 4 nitrogen and oxygen atoms in total. The minimum absolute atomic E-state index is 0. The molecule has 27 heavy (non-hydrogen) atoms. The molecule has 0 amide bonds. The maximum absolute atomic E-state index is 9.00. The number of carboxylic acid groups (broad SMARTS) is 1. The fourth-order valence-electron chi connectivity index (χ4n) is 2.87. The Labute approximate surface area is 166 Å². The normalized spacial score (nSPS) is 9.96. The van der Waals surface area contributed by atoms with Crippen LogP contribution in [0.5, 0.6) is 0 Å². The highest BCUT2D eigenvalue weighted by molar-refractivity contribution is 5.62. The van der Waals surface area contributed by atoms with Crippen molar-refractivity contribution in [3.63, 3.8) is 0 Å². The topological polar surface area (TPSA) is 50.4 Å². The fraction of sp³-hybridized carbons (Fsp3) is 0.773. The number of aliphatic carboxylic acids is 1. The molecule has 5 heteroatoms. The van der Waals surface area contributed by atoms with E-state index in [4.69, 9.17) is 9.90 Å². The first kappa shape index (κ1) is 30.4. The van der Waals surface area contributed by atoms with E-state index in [1.54, 1.807) is 12.5 Å². The first-order valence-corrected chi connectivity index (χ1v) is 10.5. The summed E-state index contributed by atoms with van der Waals surface area (Å²) < 4.78 is 6.00. The molecule has 0 radical (unpaired) electrons. The van der Waals surface area contributed by atoms with Gasteiger partial charge in [-0.25, -0.2) is 0 Å². The van der Waals surface area contributed by atoms with Gasteiger partial charge in [0.25, 0.3) is 5.97 Å². The van der Waals surface area contributed by atoms with E-state index in [2.05, 4.69) is 32.1 Å². The zero-order valence-corrected chi connectivity index (χ0v) is 18.4. The highest BCUT2D eigenvalue weighted by atomic mass is 19.0. The summed E-state index contributed by atoms with van der Waals surface area (Å²) in [6, 6.07) is 3.67. The number of hydrogen-bond donors (Lipinski definition) is 1. The highest BCUT2D eigenvalue weighted by Crippen LogP contribution is 2.16. The summed E-state index contributed by atoms with van der Waals surface area (Å²) in [6.45, 7) is 16.1. The summed E-state index contributed by atoms with van der Waals surface area (Å²) in [5.41, 5.74) is 0. The summed E-state index contributed by atoms with van der Waals surface area (Å²) in [5, 5.41) is 7.42. The van der Waals surface area contributed by atoms with Gasteiger partial charge in [0.15, 0.2) is 0 Å². The number of carboxylic acids is 1. The van der Waals surface area contributed by atoms with Gasteiger partial charge in [-0.15, -0.1) is 0 Å². The van der Waals surface area contributed by atoms with Crippen LogP contribution in [0.4, 0.5) is 0 Å². The molecule has 0 aliphatic heterocycles. The second kappa shape index (κ2) is 22.7. The molecule has 1 rings (SSSR count). The molecule has 0 aliphatic carbocycles. The molecule has 0 fully saturated rings. The predicted octanol–water partition coefficient (Wildman–Crippen LogP) is 3.38. The molecule has 0 aromatic carbocycles. The lowest BCUT2D eigenvalue weighted by Crippen LogP contribution is -3.00. The van der Waals surface area contributed by atoms with Crippen LogP contribution in [0.3, 0.4) is 0 Å².